The second-order valence-corrected chi connectivity index (χ2v) is 3.99. The molecule has 66 valence electrons. The van der Waals surface area contributed by atoms with Crippen molar-refractivity contribution in [3.8, 4) is 0 Å². The number of ether oxygens (including phenoxy) is 1. The number of hydrogen-bond acceptors (Lipinski definition) is 2. The fourth-order valence-electron chi connectivity index (χ4n) is 1.22. The summed E-state index contributed by atoms with van der Waals surface area (Å²) in [5.74, 6) is 0. The molecule has 1 atom stereocenters. The van der Waals surface area contributed by atoms with Crippen LogP contribution in [0, 0.1) is 0 Å². The number of rotatable bonds is 5. The normalized spacial score (nSPS) is 24.3. The van der Waals surface area contributed by atoms with Gasteiger partial charge in [-0.3, -0.25) is 0 Å². The average Bonchev–Trinajstić information content (AvgIpc) is 2.50. The van der Waals surface area contributed by atoms with Crippen LogP contribution in [0.5, 0.6) is 0 Å². The number of nitrogens with one attached hydrogen (secondary N) is 1. The van der Waals surface area contributed by atoms with Gasteiger partial charge in [-0.2, -0.15) is 0 Å². The van der Waals surface area contributed by atoms with Gasteiger partial charge in [0.05, 0.1) is 6.61 Å². The molecule has 1 rings (SSSR count). The number of unbranched alkanes of at least 4 members (excludes halogenated alkanes) is 1. The van der Waals surface area contributed by atoms with E-state index in [1.807, 2.05) is 0 Å². The Bertz CT molecular complexity index is 94.1. The molecule has 0 aromatic heterocycles. The zero-order valence-corrected chi connectivity index (χ0v) is 8.97. The Morgan fingerprint density at radius 1 is 1.45 bits per heavy atom. The van der Waals surface area contributed by atoms with E-state index >= 15 is 0 Å². The van der Waals surface area contributed by atoms with Crippen LogP contribution in [-0.2, 0) is 4.74 Å². The molecule has 1 N–H and O–H groups in total. The van der Waals surface area contributed by atoms with Gasteiger partial charge in [0.1, 0.15) is 0 Å². The average molecular weight is 269 g/mol. The number of halogens is 1. The molecule has 0 amide bonds. The van der Waals surface area contributed by atoms with E-state index < -0.39 is 0 Å². The SMILES string of the molecule is ICCCCNC1CCOC1. The first-order chi connectivity index (χ1) is 5.43. The summed E-state index contributed by atoms with van der Waals surface area (Å²) in [6.07, 6.45) is 3.84. The third-order valence-corrected chi connectivity index (χ3v) is 2.69. The van der Waals surface area contributed by atoms with Crippen molar-refractivity contribution in [3.63, 3.8) is 0 Å². The first-order valence-electron chi connectivity index (χ1n) is 4.30. The lowest BCUT2D eigenvalue weighted by Crippen LogP contribution is -2.29. The predicted molar refractivity (Wildman–Crippen MR) is 55.3 cm³/mol. The molecule has 1 heterocycles. The minimum absolute atomic E-state index is 0.643. The van der Waals surface area contributed by atoms with Crippen LogP contribution in [0.25, 0.3) is 0 Å². The van der Waals surface area contributed by atoms with Gasteiger partial charge in [0, 0.05) is 12.6 Å². The monoisotopic (exact) mass is 269 g/mol. The summed E-state index contributed by atoms with van der Waals surface area (Å²) in [7, 11) is 0. The smallest absolute Gasteiger partial charge is 0.0620 e. The van der Waals surface area contributed by atoms with Crippen molar-refractivity contribution in [2.24, 2.45) is 0 Å². The topological polar surface area (TPSA) is 21.3 Å². The first kappa shape index (κ1) is 9.74. The molecule has 1 aliphatic heterocycles. The van der Waals surface area contributed by atoms with E-state index in [-0.39, 0.29) is 0 Å². The van der Waals surface area contributed by atoms with Gasteiger partial charge in [0.15, 0.2) is 0 Å². The highest BCUT2D eigenvalue weighted by Gasteiger charge is 2.13. The third kappa shape index (κ3) is 4.28. The van der Waals surface area contributed by atoms with Crippen molar-refractivity contribution in [3.05, 3.63) is 0 Å². The fraction of sp³-hybridized carbons (Fsp3) is 1.00. The molecule has 0 saturated carbocycles. The Kier molecular flexibility index (Phi) is 5.49. The molecule has 0 bridgehead atoms. The summed E-state index contributed by atoms with van der Waals surface area (Å²) in [5, 5.41) is 3.49. The lowest BCUT2D eigenvalue weighted by atomic mass is 10.2. The Morgan fingerprint density at radius 3 is 3.00 bits per heavy atom. The molecule has 2 nitrogen and oxygen atoms in total. The van der Waals surface area contributed by atoms with Crippen LogP contribution in [0.1, 0.15) is 19.3 Å². The summed E-state index contributed by atoms with van der Waals surface area (Å²) in [5.41, 5.74) is 0. The van der Waals surface area contributed by atoms with Crippen molar-refractivity contribution in [2.45, 2.75) is 25.3 Å². The maximum Gasteiger partial charge on any atom is 0.0620 e. The van der Waals surface area contributed by atoms with Gasteiger partial charge in [-0.15, -0.1) is 0 Å². The molecule has 0 spiro atoms. The fourth-order valence-corrected chi connectivity index (χ4v) is 1.76. The van der Waals surface area contributed by atoms with Gasteiger partial charge >= 0.3 is 0 Å². The predicted octanol–water partition coefficient (Wildman–Crippen LogP) is 1.58. The summed E-state index contributed by atoms with van der Waals surface area (Å²) >= 11 is 2.42. The van der Waals surface area contributed by atoms with Gasteiger partial charge in [0.25, 0.3) is 0 Å². The molecule has 0 aromatic carbocycles. The van der Waals surface area contributed by atoms with E-state index in [9.17, 15) is 0 Å². The largest absolute Gasteiger partial charge is 0.380 e. The Hall–Kier alpha value is 0.650. The van der Waals surface area contributed by atoms with Crippen LogP contribution in [-0.4, -0.2) is 30.2 Å². The van der Waals surface area contributed by atoms with E-state index in [1.54, 1.807) is 0 Å². The molecular formula is C8H16INO. The number of hydrogen-bond donors (Lipinski definition) is 1. The van der Waals surface area contributed by atoms with Gasteiger partial charge in [0.2, 0.25) is 0 Å². The molecule has 1 saturated heterocycles. The summed E-state index contributed by atoms with van der Waals surface area (Å²) in [4.78, 5) is 0. The second kappa shape index (κ2) is 6.20. The van der Waals surface area contributed by atoms with E-state index in [1.165, 1.54) is 23.7 Å². The Morgan fingerprint density at radius 2 is 2.36 bits per heavy atom. The standard InChI is InChI=1S/C8H16INO/c9-4-1-2-5-10-8-3-6-11-7-8/h8,10H,1-7H2. The molecule has 0 radical (unpaired) electrons. The van der Waals surface area contributed by atoms with E-state index in [2.05, 4.69) is 27.9 Å². The van der Waals surface area contributed by atoms with Crippen molar-refractivity contribution >= 4 is 22.6 Å². The highest BCUT2D eigenvalue weighted by Crippen LogP contribution is 2.03. The van der Waals surface area contributed by atoms with E-state index in [0.717, 1.165) is 19.8 Å². The van der Waals surface area contributed by atoms with E-state index in [0.29, 0.717) is 6.04 Å². The van der Waals surface area contributed by atoms with Crippen LogP contribution in [0.15, 0.2) is 0 Å². The van der Waals surface area contributed by atoms with Crippen molar-refractivity contribution in [1.29, 1.82) is 0 Å². The summed E-state index contributed by atoms with van der Waals surface area (Å²) in [6, 6.07) is 0.643. The van der Waals surface area contributed by atoms with Crippen molar-refractivity contribution in [1.82, 2.24) is 5.32 Å². The van der Waals surface area contributed by atoms with Gasteiger partial charge in [-0.25, -0.2) is 0 Å². The lowest BCUT2D eigenvalue weighted by molar-refractivity contribution is 0.190. The van der Waals surface area contributed by atoms with Gasteiger partial charge < -0.3 is 10.1 Å². The van der Waals surface area contributed by atoms with Crippen molar-refractivity contribution < 1.29 is 4.74 Å². The molecule has 1 aliphatic rings. The minimum atomic E-state index is 0.643. The highest BCUT2D eigenvalue weighted by atomic mass is 127. The molecule has 3 heteroatoms. The van der Waals surface area contributed by atoms with Crippen molar-refractivity contribution in [2.75, 3.05) is 24.2 Å². The molecule has 0 aromatic rings. The maximum atomic E-state index is 5.25. The summed E-state index contributed by atoms with van der Waals surface area (Å²) in [6.45, 7) is 3.03. The Balaban J connectivity index is 1.86. The van der Waals surface area contributed by atoms with E-state index in [4.69, 9.17) is 4.74 Å². The van der Waals surface area contributed by atoms with Crippen LogP contribution in [0.3, 0.4) is 0 Å². The van der Waals surface area contributed by atoms with Gasteiger partial charge in [-0.05, 0) is 30.2 Å². The zero-order valence-electron chi connectivity index (χ0n) is 6.81. The van der Waals surface area contributed by atoms with Crippen LogP contribution in [0.2, 0.25) is 0 Å². The molecule has 1 fully saturated rings. The van der Waals surface area contributed by atoms with Crippen LogP contribution in [0.4, 0.5) is 0 Å². The quantitative estimate of drug-likeness (QED) is 0.465. The number of alkyl halides is 1. The van der Waals surface area contributed by atoms with Crippen LogP contribution >= 0.6 is 22.6 Å². The molecular weight excluding hydrogens is 253 g/mol. The third-order valence-electron chi connectivity index (χ3n) is 1.92. The minimum Gasteiger partial charge on any atom is -0.380 e. The summed E-state index contributed by atoms with van der Waals surface area (Å²) < 4.78 is 6.53. The molecule has 0 aliphatic carbocycles. The maximum absolute atomic E-state index is 5.25. The highest BCUT2D eigenvalue weighted by molar-refractivity contribution is 14.1. The second-order valence-electron chi connectivity index (χ2n) is 2.91. The molecule has 11 heavy (non-hydrogen) atoms. The van der Waals surface area contributed by atoms with Crippen LogP contribution < -0.4 is 5.32 Å². The first-order valence-corrected chi connectivity index (χ1v) is 5.83. The lowest BCUT2D eigenvalue weighted by Gasteiger charge is -2.08. The Labute approximate surface area is 82.2 Å². The molecule has 1 unspecified atom stereocenters. The zero-order chi connectivity index (χ0) is 7.94. The van der Waals surface area contributed by atoms with Gasteiger partial charge in [-0.1, -0.05) is 22.6 Å².